The van der Waals surface area contributed by atoms with Crippen LogP contribution in [0.25, 0.3) is 0 Å². The number of hydrogen-bond acceptors (Lipinski definition) is 8. The quantitative estimate of drug-likeness (QED) is 0.243. The lowest BCUT2D eigenvalue weighted by atomic mass is 10.2. The maximum atomic E-state index is 12.9. The Hall–Kier alpha value is -3.81. The number of nitro groups is 1. The van der Waals surface area contributed by atoms with Gasteiger partial charge in [-0.2, -0.15) is 5.10 Å². The molecule has 1 aromatic heterocycles. The first-order chi connectivity index (χ1) is 16.5. The molecule has 0 saturated heterocycles. The summed E-state index contributed by atoms with van der Waals surface area (Å²) in [6.45, 7) is 3.55. The molecular formula is C22H25N5O7S. The van der Waals surface area contributed by atoms with Gasteiger partial charge in [-0.25, -0.2) is 17.8 Å². The van der Waals surface area contributed by atoms with E-state index in [9.17, 15) is 23.3 Å². The Morgan fingerprint density at radius 2 is 1.94 bits per heavy atom. The topological polar surface area (TPSA) is 155 Å². The number of aryl methyl sites for hydroxylation is 2. The molecule has 0 spiro atoms. The van der Waals surface area contributed by atoms with E-state index >= 15 is 0 Å². The highest BCUT2D eigenvalue weighted by atomic mass is 32.2. The van der Waals surface area contributed by atoms with Crippen molar-refractivity contribution in [3.05, 3.63) is 69.4 Å². The van der Waals surface area contributed by atoms with Crippen LogP contribution in [-0.4, -0.2) is 49.3 Å². The Morgan fingerprint density at radius 1 is 1.20 bits per heavy atom. The highest BCUT2D eigenvalue weighted by Crippen LogP contribution is 2.34. The Bertz CT molecular complexity index is 1370. The molecule has 35 heavy (non-hydrogen) atoms. The fourth-order valence-corrected chi connectivity index (χ4v) is 4.41. The first-order valence-electron chi connectivity index (χ1n) is 10.4. The molecule has 0 radical (unpaired) electrons. The van der Waals surface area contributed by atoms with Gasteiger partial charge in [0.25, 0.3) is 11.6 Å². The summed E-state index contributed by atoms with van der Waals surface area (Å²) in [5, 5.41) is 18.2. The molecule has 0 saturated carbocycles. The molecule has 0 unspecified atom stereocenters. The predicted molar refractivity (Wildman–Crippen MR) is 127 cm³/mol. The van der Waals surface area contributed by atoms with Crippen LogP contribution in [0, 0.1) is 24.0 Å². The van der Waals surface area contributed by atoms with Gasteiger partial charge in [-0.15, -0.1) is 0 Å². The van der Waals surface area contributed by atoms with Crippen LogP contribution in [0.15, 0.2) is 47.4 Å². The van der Waals surface area contributed by atoms with Crippen molar-refractivity contribution >= 4 is 27.3 Å². The number of aromatic nitrogens is 2. The number of benzene rings is 2. The number of ether oxygens (including phenoxy) is 2. The van der Waals surface area contributed by atoms with Gasteiger partial charge in [0.15, 0.2) is 5.69 Å². The summed E-state index contributed by atoms with van der Waals surface area (Å²) < 4.78 is 40.0. The number of amides is 1. The molecule has 2 N–H and O–H groups in total. The van der Waals surface area contributed by atoms with E-state index in [-0.39, 0.29) is 30.5 Å². The van der Waals surface area contributed by atoms with E-state index in [2.05, 4.69) is 15.1 Å². The van der Waals surface area contributed by atoms with Crippen molar-refractivity contribution in [1.82, 2.24) is 14.5 Å². The van der Waals surface area contributed by atoms with Crippen molar-refractivity contribution in [2.45, 2.75) is 18.7 Å². The zero-order chi connectivity index (χ0) is 25.8. The average molecular weight is 504 g/mol. The van der Waals surface area contributed by atoms with Gasteiger partial charge in [0.1, 0.15) is 10.6 Å². The third kappa shape index (κ3) is 6.01. The number of sulfonamides is 1. The van der Waals surface area contributed by atoms with Gasteiger partial charge in [-0.05, 0) is 37.6 Å². The maximum absolute atomic E-state index is 12.9. The summed E-state index contributed by atoms with van der Waals surface area (Å²) in [5.74, 6) is -0.546. The number of rotatable bonds is 10. The molecule has 0 aliphatic heterocycles. The third-order valence-electron chi connectivity index (χ3n) is 4.94. The number of non-ortho nitro benzene ring substituents is 1. The van der Waals surface area contributed by atoms with Crippen LogP contribution in [0.1, 0.15) is 21.6 Å². The van der Waals surface area contributed by atoms with Crippen LogP contribution in [0.5, 0.6) is 11.6 Å². The zero-order valence-corrected chi connectivity index (χ0v) is 20.4. The number of carbonyl (C=O) groups is 1. The number of methoxy groups -OCH3 is 1. The summed E-state index contributed by atoms with van der Waals surface area (Å²) in [6.07, 6.45) is 0. The van der Waals surface area contributed by atoms with E-state index in [1.807, 2.05) is 19.1 Å². The minimum absolute atomic E-state index is 0.0466. The first kappa shape index (κ1) is 25.8. The molecule has 0 aliphatic carbocycles. The molecule has 1 heterocycles. The standard InChI is InChI=1S/C22H25N5O7S/c1-14-6-5-7-16(12-14)24-21(28)20-15(2)22(26(3)25-20)34-18-9-8-17(27(29)30)13-19(18)35(31,32)23-10-11-33-4/h5-9,12-13,23H,10-11H2,1-4H3,(H,24,28). The van der Waals surface area contributed by atoms with Gasteiger partial charge in [-0.1, -0.05) is 12.1 Å². The molecule has 0 atom stereocenters. The normalized spacial score (nSPS) is 11.3. The Labute approximate surface area is 202 Å². The largest absolute Gasteiger partial charge is 0.438 e. The number of nitrogens with zero attached hydrogens (tertiary/aromatic N) is 3. The van der Waals surface area contributed by atoms with Crippen LogP contribution >= 0.6 is 0 Å². The maximum Gasteiger partial charge on any atom is 0.276 e. The van der Waals surface area contributed by atoms with Crippen LogP contribution in [0.2, 0.25) is 0 Å². The summed E-state index contributed by atoms with van der Waals surface area (Å²) in [4.78, 5) is 22.9. The van der Waals surface area contributed by atoms with Gasteiger partial charge >= 0.3 is 0 Å². The Balaban J connectivity index is 1.96. The second kappa shape index (κ2) is 10.6. The lowest BCUT2D eigenvalue weighted by molar-refractivity contribution is -0.385. The molecule has 186 valence electrons. The number of carbonyl (C=O) groups excluding carboxylic acids is 1. The monoisotopic (exact) mass is 503 g/mol. The summed E-state index contributed by atoms with van der Waals surface area (Å²) in [5.41, 5.74) is 1.56. The Kier molecular flexibility index (Phi) is 7.84. The summed E-state index contributed by atoms with van der Waals surface area (Å²) >= 11 is 0. The summed E-state index contributed by atoms with van der Waals surface area (Å²) in [7, 11) is -1.25. The van der Waals surface area contributed by atoms with Gasteiger partial charge in [0, 0.05) is 44.1 Å². The molecule has 3 aromatic rings. The number of nitro benzene ring substituents is 1. The molecule has 0 fully saturated rings. The first-order valence-corrected chi connectivity index (χ1v) is 11.9. The Morgan fingerprint density at radius 3 is 2.60 bits per heavy atom. The minimum atomic E-state index is -4.19. The molecule has 1 amide bonds. The number of hydrogen-bond donors (Lipinski definition) is 2. The molecule has 13 heteroatoms. The molecule has 3 rings (SSSR count). The van der Waals surface area contributed by atoms with Gasteiger partial charge in [0.05, 0.1) is 11.5 Å². The SMILES string of the molecule is COCCNS(=O)(=O)c1cc([N+](=O)[O-])ccc1Oc1c(C)c(C(=O)Nc2cccc(C)c2)nn1C. The van der Waals surface area contributed by atoms with Crippen LogP contribution in [0.3, 0.4) is 0 Å². The van der Waals surface area contributed by atoms with E-state index in [1.165, 1.54) is 24.9 Å². The number of anilines is 1. The fourth-order valence-electron chi connectivity index (χ4n) is 3.25. The van der Waals surface area contributed by atoms with Gasteiger partial charge in [-0.3, -0.25) is 14.9 Å². The van der Waals surface area contributed by atoms with Crippen molar-refractivity contribution in [2.75, 3.05) is 25.6 Å². The second-order valence-electron chi connectivity index (χ2n) is 7.61. The molecule has 0 bridgehead atoms. The molecule has 0 aliphatic rings. The van der Waals surface area contributed by atoms with Crippen molar-refractivity contribution < 1.29 is 27.6 Å². The van der Waals surface area contributed by atoms with Gasteiger partial charge in [0.2, 0.25) is 15.9 Å². The molecular weight excluding hydrogens is 478 g/mol. The second-order valence-corrected chi connectivity index (χ2v) is 9.34. The van der Waals surface area contributed by atoms with Crippen molar-refractivity contribution in [2.24, 2.45) is 7.05 Å². The fraction of sp³-hybridized carbons (Fsp3) is 0.273. The number of nitrogens with one attached hydrogen (secondary N) is 2. The molecule has 12 nitrogen and oxygen atoms in total. The van der Waals surface area contributed by atoms with E-state index < -0.39 is 31.4 Å². The van der Waals surface area contributed by atoms with Crippen molar-refractivity contribution in [1.29, 1.82) is 0 Å². The van der Waals surface area contributed by atoms with E-state index in [0.29, 0.717) is 11.3 Å². The van der Waals surface area contributed by atoms with Crippen LogP contribution in [0.4, 0.5) is 11.4 Å². The minimum Gasteiger partial charge on any atom is -0.438 e. The third-order valence-corrected chi connectivity index (χ3v) is 6.43. The van der Waals surface area contributed by atoms with Crippen LogP contribution < -0.4 is 14.8 Å². The lowest BCUT2D eigenvalue weighted by Gasteiger charge is -2.13. The lowest BCUT2D eigenvalue weighted by Crippen LogP contribution is -2.27. The average Bonchev–Trinajstić information content (AvgIpc) is 3.07. The molecule has 2 aromatic carbocycles. The predicted octanol–water partition coefficient (Wildman–Crippen LogP) is 2.91. The van der Waals surface area contributed by atoms with Crippen LogP contribution in [-0.2, 0) is 21.8 Å². The van der Waals surface area contributed by atoms with E-state index in [0.717, 1.165) is 17.7 Å². The van der Waals surface area contributed by atoms with Crippen molar-refractivity contribution in [3.8, 4) is 11.6 Å². The highest BCUT2D eigenvalue weighted by molar-refractivity contribution is 7.89. The highest BCUT2D eigenvalue weighted by Gasteiger charge is 2.26. The zero-order valence-electron chi connectivity index (χ0n) is 19.6. The summed E-state index contributed by atoms with van der Waals surface area (Å²) in [6, 6.07) is 10.5. The van der Waals surface area contributed by atoms with E-state index in [1.54, 1.807) is 19.1 Å². The smallest absolute Gasteiger partial charge is 0.276 e. The van der Waals surface area contributed by atoms with Crippen molar-refractivity contribution in [3.63, 3.8) is 0 Å². The van der Waals surface area contributed by atoms with E-state index in [4.69, 9.17) is 9.47 Å². The van der Waals surface area contributed by atoms with Gasteiger partial charge < -0.3 is 14.8 Å².